The van der Waals surface area contributed by atoms with E-state index in [-0.39, 0.29) is 5.91 Å². The lowest BCUT2D eigenvalue weighted by molar-refractivity contribution is -0.117. The van der Waals surface area contributed by atoms with Gasteiger partial charge in [0.15, 0.2) is 9.49 Å². The number of hydrogen-bond donors (Lipinski definition) is 0. The van der Waals surface area contributed by atoms with E-state index in [9.17, 15) is 4.79 Å². The Morgan fingerprint density at radius 2 is 1.95 bits per heavy atom. The summed E-state index contributed by atoms with van der Waals surface area (Å²) in [4.78, 5) is 18.4. The van der Waals surface area contributed by atoms with Gasteiger partial charge >= 0.3 is 0 Å². The van der Waals surface area contributed by atoms with Crippen LogP contribution in [0.1, 0.15) is 53.4 Å². The largest absolute Gasteiger partial charge is 0.279 e. The van der Waals surface area contributed by atoms with Crippen LogP contribution >= 0.6 is 24.0 Å². The van der Waals surface area contributed by atoms with E-state index in [1.165, 1.54) is 11.8 Å². The Hall–Kier alpha value is -0.660. The van der Waals surface area contributed by atoms with Gasteiger partial charge in [0.25, 0.3) is 0 Å². The summed E-state index contributed by atoms with van der Waals surface area (Å²) in [7, 11) is 0. The summed E-state index contributed by atoms with van der Waals surface area (Å²) < 4.78 is 0.796. The van der Waals surface area contributed by atoms with Crippen LogP contribution in [0.5, 0.6) is 0 Å². The number of amides is 1. The summed E-state index contributed by atoms with van der Waals surface area (Å²) in [5, 5.41) is 4.96. The van der Waals surface area contributed by atoms with Crippen LogP contribution < -0.4 is 0 Å². The molecule has 2 aliphatic rings. The van der Waals surface area contributed by atoms with E-state index in [2.05, 4.69) is 47.6 Å². The van der Waals surface area contributed by atoms with Gasteiger partial charge in [0.05, 0.1) is 6.67 Å². The molecule has 5 nitrogen and oxygen atoms in total. The molecule has 2 unspecified atom stereocenters. The minimum atomic E-state index is -0.0321. The first-order valence-corrected chi connectivity index (χ1v) is 9.34. The minimum absolute atomic E-state index is 0.0321. The van der Waals surface area contributed by atoms with Crippen molar-refractivity contribution in [2.45, 2.75) is 65.5 Å². The lowest BCUT2D eigenvalue weighted by atomic mass is 10.1. The average molecular weight is 343 g/mol. The second kappa shape index (κ2) is 7.75. The van der Waals surface area contributed by atoms with E-state index in [1.807, 2.05) is 0 Å². The molecular weight excluding hydrogens is 316 g/mol. The molecule has 0 aliphatic carbocycles. The molecule has 0 bridgehead atoms. The number of hydrogen-bond acceptors (Lipinski definition) is 5. The molecular formula is C15H26N4OS2. The van der Waals surface area contributed by atoms with Crippen molar-refractivity contribution in [1.82, 2.24) is 14.9 Å². The van der Waals surface area contributed by atoms with Crippen LogP contribution in [0.15, 0.2) is 4.99 Å². The Bertz CT molecular complexity index is 458. The molecule has 0 aromatic heterocycles. The quantitative estimate of drug-likeness (QED) is 0.691. The first-order chi connectivity index (χ1) is 10.5. The van der Waals surface area contributed by atoms with E-state index in [1.54, 1.807) is 0 Å². The van der Waals surface area contributed by atoms with Crippen molar-refractivity contribution in [1.29, 1.82) is 0 Å². The highest BCUT2D eigenvalue weighted by Gasteiger charge is 2.36. The number of carbonyl (C=O) groups excluding carboxylic acids is 1. The summed E-state index contributed by atoms with van der Waals surface area (Å²) in [6.45, 7) is 10.5. The van der Waals surface area contributed by atoms with Crippen molar-refractivity contribution in [3.05, 3.63) is 0 Å². The van der Waals surface area contributed by atoms with Crippen LogP contribution in [0.2, 0.25) is 0 Å². The van der Waals surface area contributed by atoms with E-state index >= 15 is 0 Å². The van der Waals surface area contributed by atoms with Crippen LogP contribution in [-0.2, 0) is 4.79 Å². The molecule has 0 spiro atoms. The summed E-state index contributed by atoms with van der Waals surface area (Å²) >= 11 is 6.97. The van der Waals surface area contributed by atoms with Crippen molar-refractivity contribution >= 4 is 39.4 Å². The maximum atomic E-state index is 11.7. The number of amidine groups is 1. The molecule has 1 saturated heterocycles. The highest BCUT2D eigenvalue weighted by atomic mass is 32.2. The third-order valence-electron chi connectivity index (χ3n) is 4.49. The molecule has 0 N–H and O–H groups in total. The first kappa shape index (κ1) is 17.7. The van der Waals surface area contributed by atoms with Gasteiger partial charge < -0.3 is 0 Å². The van der Waals surface area contributed by atoms with Gasteiger partial charge in [0.1, 0.15) is 0 Å². The molecule has 0 radical (unpaired) electrons. The molecule has 2 atom stereocenters. The monoisotopic (exact) mass is 342 g/mol. The molecule has 0 saturated carbocycles. The van der Waals surface area contributed by atoms with Crippen molar-refractivity contribution in [3.63, 3.8) is 0 Å². The van der Waals surface area contributed by atoms with Crippen molar-refractivity contribution < 1.29 is 4.79 Å². The maximum Gasteiger partial charge on any atom is 0.248 e. The number of hydrazine groups is 1. The van der Waals surface area contributed by atoms with Crippen LogP contribution in [-0.4, -0.2) is 55.6 Å². The minimum Gasteiger partial charge on any atom is -0.279 e. The molecule has 22 heavy (non-hydrogen) atoms. The van der Waals surface area contributed by atoms with E-state index < -0.39 is 0 Å². The standard InChI is InChI=1S/C15H26N4OS2/c1-5-11(3)17(12(4)6-2)10-19-15(21)22-14-16-13(20)8-7-9-18(14)19/h11-12H,5-10H2,1-4H3. The maximum absolute atomic E-state index is 11.7. The van der Waals surface area contributed by atoms with Crippen molar-refractivity contribution in [3.8, 4) is 0 Å². The highest BCUT2D eigenvalue weighted by Crippen LogP contribution is 2.29. The number of fused-ring (bicyclic) bond motifs is 1. The van der Waals surface area contributed by atoms with E-state index in [0.717, 1.165) is 42.0 Å². The topological polar surface area (TPSA) is 39.1 Å². The van der Waals surface area contributed by atoms with Gasteiger partial charge in [-0.05, 0) is 44.9 Å². The van der Waals surface area contributed by atoms with Crippen LogP contribution in [0.3, 0.4) is 0 Å². The van der Waals surface area contributed by atoms with E-state index in [4.69, 9.17) is 12.2 Å². The fourth-order valence-electron chi connectivity index (χ4n) is 2.70. The number of aliphatic imine (C=N–C) groups is 1. The van der Waals surface area contributed by atoms with Gasteiger partial charge in [-0.2, -0.15) is 4.99 Å². The molecule has 0 aromatic carbocycles. The average Bonchev–Trinajstić information content (AvgIpc) is 2.66. The zero-order valence-corrected chi connectivity index (χ0v) is 15.5. The Kier molecular flexibility index (Phi) is 6.23. The number of carbonyl (C=O) groups is 1. The second-order valence-electron chi connectivity index (χ2n) is 5.95. The van der Waals surface area contributed by atoms with Crippen LogP contribution in [0, 0.1) is 0 Å². The van der Waals surface area contributed by atoms with Gasteiger partial charge in [-0.25, -0.2) is 0 Å². The zero-order valence-electron chi connectivity index (χ0n) is 13.9. The Labute approximate surface area is 143 Å². The van der Waals surface area contributed by atoms with Crippen LogP contribution in [0.25, 0.3) is 0 Å². The summed E-state index contributed by atoms with van der Waals surface area (Å²) in [5.74, 6) is -0.0321. The summed E-state index contributed by atoms with van der Waals surface area (Å²) in [6.07, 6.45) is 3.58. The Morgan fingerprint density at radius 3 is 2.55 bits per heavy atom. The number of thiocarbonyl (C=S) groups is 1. The zero-order chi connectivity index (χ0) is 16.3. The van der Waals surface area contributed by atoms with Gasteiger partial charge in [0, 0.05) is 25.0 Å². The molecule has 1 amide bonds. The number of nitrogens with zero attached hydrogens (tertiary/aromatic N) is 4. The second-order valence-corrected chi connectivity index (χ2v) is 7.55. The smallest absolute Gasteiger partial charge is 0.248 e. The van der Waals surface area contributed by atoms with Gasteiger partial charge in [-0.3, -0.25) is 19.7 Å². The van der Waals surface area contributed by atoms with Gasteiger partial charge in [0.2, 0.25) is 5.91 Å². The van der Waals surface area contributed by atoms with Crippen molar-refractivity contribution in [2.75, 3.05) is 13.2 Å². The fraction of sp³-hybridized carbons (Fsp3) is 0.800. The lowest BCUT2D eigenvalue weighted by Gasteiger charge is -2.39. The first-order valence-electron chi connectivity index (χ1n) is 8.11. The van der Waals surface area contributed by atoms with Crippen LogP contribution in [0.4, 0.5) is 0 Å². The number of thioether (sulfide) groups is 1. The predicted molar refractivity (Wildman–Crippen MR) is 96.6 cm³/mol. The third kappa shape index (κ3) is 3.81. The number of rotatable bonds is 6. The van der Waals surface area contributed by atoms with Gasteiger partial charge in [-0.15, -0.1) is 0 Å². The highest BCUT2D eigenvalue weighted by molar-refractivity contribution is 8.33. The molecule has 0 aromatic rings. The SMILES string of the molecule is CCC(C)N(CN1C(=S)SC2=NC(=O)CCCN21)C(C)CC. The van der Waals surface area contributed by atoms with Gasteiger partial charge in [-0.1, -0.05) is 26.1 Å². The normalized spacial score (nSPS) is 21.8. The molecule has 124 valence electrons. The Morgan fingerprint density at radius 1 is 1.32 bits per heavy atom. The van der Waals surface area contributed by atoms with Crippen molar-refractivity contribution in [2.24, 2.45) is 4.99 Å². The third-order valence-corrected chi connectivity index (χ3v) is 5.82. The molecule has 1 fully saturated rings. The Balaban J connectivity index is 2.17. The molecule has 2 heterocycles. The lowest BCUT2D eigenvalue weighted by Crippen LogP contribution is -2.52. The molecule has 2 rings (SSSR count). The molecule has 2 aliphatic heterocycles. The summed E-state index contributed by atoms with van der Waals surface area (Å²) in [6, 6.07) is 0.995. The molecule has 7 heteroatoms. The fourth-order valence-corrected chi connectivity index (χ4v) is 3.94. The predicted octanol–water partition coefficient (Wildman–Crippen LogP) is 3.07. The summed E-state index contributed by atoms with van der Waals surface area (Å²) in [5.41, 5.74) is 0. The van der Waals surface area contributed by atoms with E-state index in [0.29, 0.717) is 18.5 Å².